The van der Waals surface area contributed by atoms with Gasteiger partial charge in [-0.2, -0.15) is 5.01 Å². The zero-order valence-corrected chi connectivity index (χ0v) is 24.3. The number of aromatic nitrogens is 1. The fraction of sp³-hybridized carbons (Fsp3) is 0.294. The van der Waals surface area contributed by atoms with Gasteiger partial charge in [0.05, 0.1) is 30.8 Å². The molecule has 0 aliphatic carbocycles. The lowest BCUT2D eigenvalue weighted by Crippen LogP contribution is -2.66. The molecule has 0 bridgehead atoms. The molecular weight excluding hydrogens is 540 g/mol. The first-order valence-corrected chi connectivity index (χ1v) is 14.9. The van der Waals surface area contributed by atoms with Crippen molar-refractivity contribution in [2.24, 2.45) is 0 Å². The monoisotopic (exact) mass is 576 g/mol. The molecule has 2 fully saturated rings. The molecule has 3 aromatic carbocycles. The number of para-hydroxylation sites is 1. The Hall–Kier alpha value is -4.76. The van der Waals surface area contributed by atoms with E-state index in [1.807, 2.05) is 109 Å². The number of pyridine rings is 1. The van der Waals surface area contributed by atoms with Gasteiger partial charge in [-0.1, -0.05) is 91.9 Å². The molecule has 2 aliphatic heterocycles. The van der Waals surface area contributed by atoms with E-state index in [2.05, 4.69) is 5.32 Å². The Kier molecular flexibility index (Phi) is 8.33. The van der Waals surface area contributed by atoms with Gasteiger partial charge in [-0.15, -0.1) is 0 Å². The maximum Gasteiger partial charge on any atom is 0.332 e. The van der Waals surface area contributed by atoms with Crippen molar-refractivity contribution in [3.8, 4) is 0 Å². The number of benzene rings is 3. The summed E-state index contributed by atoms with van der Waals surface area (Å²) in [5, 5.41) is 7.55. The molecule has 3 heterocycles. The number of amides is 4. The second-order valence-electron chi connectivity index (χ2n) is 11.1. The van der Waals surface area contributed by atoms with Gasteiger partial charge in [0.15, 0.2) is 0 Å². The van der Waals surface area contributed by atoms with Crippen molar-refractivity contribution in [3.63, 3.8) is 0 Å². The number of nitrogens with zero attached hydrogens (tertiary/aromatic N) is 5. The molecule has 0 spiro atoms. The predicted molar refractivity (Wildman–Crippen MR) is 164 cm³/mol. The molecule has 0 radical (unpaired) electrons. The van der Waals surface area contributed by atoms with Crippen molar-refractivity contribution in [1.82, 2.24) is 30.1 Å². The van der Waals surface area contributed by atoms with E-state index in [0.717, 1.165) is 27.7 Å². The molecule has 0 saturated carbocycles. The minimum absolute atomic E-state index is 0.0318. The van der Waals surface area contributed by atoms with Crippen LogP contribution in [0.3, 0.4) is 0 Å². The number of piperazine rings is 1. The van der Waals surface area contributed by atoms with E-state index >= 15 is 0 Å². The molecule has 4 aromatic rings. The van der Waals surface area contributed by atoms with Crippen molar-refractivity contribution in [3.05, 3.63) is 114 Å². The minimum Gasteiger partial charge on any atom is -0.333 e. The first-order valence-electron chi connectivity index (χ1n) is 14.9. The van der Waals surface area contributed by atoms with Crippen molar-refractivity contribution in [2.45, 2.75) is 45.1 Å². The van der Waals surface area contributed by atoms with E-state index < -0.39 is 12.2 Å². The van der Waals surface area contributed by atoms with E-state index in [-0.39, 0.29) is 30.9 Å². The molecule has 43 heavy (non-hydrogen) atoms. The van der Waals surface area contributed by atoms with E-state index in [0.29, 0.717) is 32.5 Å². The number of hydrogen-bond donors (Lipinski definition) is 1. The third kappa shape index (κ3) is 6.08. The normalized spacial score (nSPS) is 18.6. The first kappa shape index (κ1) is 28.4. The lowest BCUT2D eigenvalue weighted by Gasteiger charge is -2.46. The number of carbonyl (C=O) groups excluding carboxylic acids is 3. The van der Waals surface area contributed by atoms with Crippen LogP contribution in [0.15, 0.2) is 97.1 Å². The third-order valence-corrected chi connectivity index (χ3v) is 8.11. The molecule has 4 amide bonds. The molecule has 2 saturated heterocycles. The molecule has 9 heteroatoms. The van der Waals surface area contributed by atoms with Crippen molar-refractivity contribution >= 4 is 28.7 Å². The number of nitrogens with one attached hydrogen (secondary N) is 1. The van der Waals surface area contributed by atoms with Crippen molar-refractivity contribution in [1.29, 1.82) is 0 Å². The number of hydrogen-bond acceptors (Lipinski definition) is 5. The van der Waals surface area contributed by atoms with Crippen molar-refractivity contribution < 1.29 is 14.4 Å². The SMILES string of the molecule is CCCN(C(=O)NCc1ccccc1)N1CC(=O)N2[C@@H](Cc3ccccc3)C(=O)N(Cc3ccc4ccccc4n3)C[C@@H]21. The second-order valence-corrected chi connectivity index (χ2v) is 11.1. The van der Waals surface area contributed by atoms with Crippen LogP contribution in [0.4, 0.5) is 4.79 Å². The second kappa shape index (κ2) is 12.6. The van der Waals surface area contributed by atoms with Crippen LogP contribution in [0.1, 0.15) is 30.2 Å². The van der Waals surface area contributed by atoms with Gasteiger partial charge < -0.3 is 15.1 Å². The zero-order chi connectivity index (χ0) is 29.8. The number of rotatable bonds is 9. The van der Waals surface area contributed by atoms with Crippen LogP contribution < -0.4 is 5.32 Å². The molecule has 1 N–H and O–H groups in total. The van der Waals surface area contributed by atoms with E-state index in [4.69, 9.17) is 4.98 Å². The van der Waals surface area contributed by atoms with Gasteiger partial charge in [-0.3, -0.25) is 19.6 Å². The van der Waals surface area contributed by atoms with Crippen LogP contribution in [0.5, 0.6) is 0 Å². The smallest absolute Gasteiger partial charge is 0.332 e. The number of fused-ring (bicyclic) bond motifs is 2. The summed E-state index contributed by atoms with van der Waals surface area (Å²) in [5.74, 6) is -0.263. The maximum absolute atomic E-state index is 14.1. The Morgan fingerprint density at radius 1 is 0.907 bits per heavy atom. The Bertz CT molecular complexity index is 1600. The van der Waals surface area contributed by atoms with Gasteiger partial charge in [0, 0.05) is 24.9 Å². The molecular formula is C34H36N6O3. The highest BCUT2D eigenvalue weighted by Gasteiger charge is 2.52. The molecule has 1 aromatic heterocycles. The van der Waals surface area contributed by atoms with Crippen molar-refractivity contribution in [2.75, 3.05) is 19.6 Å². The van der Waals surface area contributed by atoms with Gasteiger partial charge in [-0.25, -0.2) is 4.79 Å². The minimum atomic E-state index is -0.685. The average molecular weight is 577 g/mol. The molecule has 9 nitrogen and oxygen atoms in total. The van der Waals surface area contributed by atoms with Gasteiger partial charge in [-0.05, 0) is 29.7 Å². The topological polar surface area (TPSA) is 89.1 Å². The van der Waals surface area contributed by atoms with Crippen LogP contribution in [0.25, 0.3) is 10.9 Å². The lowest BCUT2D eigenvalue weighted by molar-refractivity contribution is -0.157. The van der Waals surface area contributed by atoms with Crippen LogP contribution in [-0.2, 0) is 29.1 Å². The van der Waals surface area contributed by atoms with Gasteiger partial charge in [0.1, 0.15) is 12.2 Å². The average Bonchev–Trinajstić information content (AvgIpc) is 3.36. The van der Waals surface area contributed by atoms with E-state index in [1.165, 1.54) is 0 Å². The first-order chi connectivity index (χ1) is 21.0. The Labute approximate surface area is 251 Å². The fourth-order valence-electron chi connectivity index (χ4n) is 6.04. The van der Waals surface area contributed by atoms with Crippen LogP contribution in [-0.4, -0.2) is 74.5 Å². The summed E-state index contributed by atoms with van der Waals surface area (Å²) in [4.78, 5) is 49.6. The summed E-state index contributed by atoms with van der Waals surface area (Å²) >= 11 is 0. The standard InChI is InChI=1S/C34H36N6O3/c1-2-19-38(34(43)35-21-26-13-7-4-8-14-26)39-24-32(41)40-30(20-25-11-5-3-6-12-25)33(42)37(23-31(39)40)22-28-18-17-27-15-9-10-16-29(27)36-28/h3-18,30-31H,2,19-24H2,1H3,(H,35,43)/t30-,31+/m0/s1. The summed E-state index contributed by atoms with van der Waals surface area (Å²) < 4.78 is 0. The van der Waals surface area contributed by atoms with E-state index in [1.54, 1.807) is 14.8 Å². The molecule has 220 valence electrons. The third-order valence-electron chi connectivity index (χ3n) is 8.11. The van der Waals surface area contributed by atoms with Gasteiger partial charge in [0.2, 0.25) is 11.8 Å². The number of urea groups is 1. The number of carbonyl (C=O) groups is 3. The summed E-state index contributed by atoms with van der Waals surface area (Å²) in [6, 6.07) is 30.4. The summed E-state index contributed by atoms with van der Waals surface area (Å²) in [6.45, 7) is 3.45. The molecule has 6 rings (SSSR count). The summed E-state index contributed by atoms with van der Waals surface area (Å²) in [6.07, 6.45) is 0.631. The van der Waals surface area contributed by atoms with Gasteiger partial charge in [0.25, 0.3) is 0 Å². The Balaban J connectivity index is 1.29. The highest BCUT2D eigenvalue weighted by molar-refractivity contribution is 5.92. The van der Waals surface area contributed by atoms with Crippen LogP contribution in [0.2, 0.25) is 0 Å². The zero-order valence-electron chi connectivity index (χ0n) is 24.3. The highest BCUT2D eigenvalue weighted by Crippen LogP contribution is 2.30. The largest absolute Gasteiger partial charge is 0.333 e. The number of hydrazine groups is 1. The molecule has 2 atom stereocenters. The predicted octanol–water partition coefficient (Wildman–Crippen LogP) is 4.20. The fourth-order valence-corrected chi connectivity index (χ4v) is 6.04. The van der Waals surface area contributed by atoms with Crippen LogP contribution in [0, 0.1) is 0 Å². The van der Waals surface area contributed by atoms with Gasteiger partial charge >= 0.3 is 6.03 Å². The Morgan fingerprint density at radius 3 is 2.35 bits per heavy atom. The summed E-state index contributed by atoms with van der Waals surface area (Å²) in [5.41, 5.74) is 3.61. The van der Waals surface area contributed by atoms with E-state index in [9.17, 15) is 14.4 Å². The Morgan fingerprint density at radius 2 is 1.60 bits per heavy atom. The summed E-state index contributed by atoms with van der Waals surface area (Å²) in [7, 11) is 0. The quantitative estimate of drug-likeness (QED) is 0.323. The maximum atomic E-state index is 14.1. The highest BCUT2D eigenvalue weighted by atomic mass is 16.2. The lowest BCUT2D eigenvalue weighted by atomic mass is 10.0. The molecule has 2 aliphatic rings. The molecule has 0 unspecified atom stereocenters. The van der Waals surface area contributed by atoms with Crippen LogP contribution >= 0.6 is 0 Å².